The highest BCUT2D eigenvalue weighted by Crippen LogP contribution is 2.28. The smallest absolute Gasteiger partial charge is 0.264 e. The van der Waals surface area contributed by atoms with Crippen molar-refractivity contribution in [1.29, 1.82) is 0 Å². The zero-order valence-corrected chi connectivity index (χ0v) is 28.3. The number of carbonyl (C=O) groups is 2. The SMILES string of the molecule is CCOc1ccc(N(CC(=O)N(Cc2ccccc2F)[C@H](Cc2ccccc2)C(=O)NC2CCCC2)S(=O)(=O)c2ccc(Cl)cc2)cc1. The second-order valence-electron chi connectivity index (χ2n) is 11.7. The van der Waals surface area contributed by atoms with E-state index in [1.807, 2.05) is 37.3 Å². The van der Waals surface area contributed by atoms with E-state index in [1.54, 1.807) is 42.5 Å². The van der Waals surface area contributed by atoms with Crippen LogP contribution in [0.4, 0.5) is 10.1 Å². The van der Waals surface area contributed by atoms with Crippen LogP contribution in [0.5, 0.6) is 5.75 Å². The van der Waals surface area contributed by atoms with E-state index in [1.165, 1.54) is 35.2 Å². The van der Waals surface area contributed by atoms with Gasteiger partial charge in [0, 0.05) is 29.6 Å². The molecule has 1 atom stereocenters. The quantitative estimate of drug-likeness (QED) is 0.158. The van der Waals surface area contributed by atoms with Gasteiger partial charge in [-0.2, -0.15) is 0 Å². The van der Waals surface area contributed by atoms with Crippen molar-refractivity contribution in [3.8, 4) is 5.75 Å². The van der Waals surface area contributed by atoms with E-state index in [4.69, 9.17) is 16.3 Å². The summed E-state index contributed by atoms with van der Waals surface area (Å²) in [6.45, 7) is 1.35. The first-order chi connectivity index (χ1) is 23.2. The molecule has 1 aliphatic carbocycles. The second-order valence-corrected chi connectivity index (χ2v) is 14.0. The van der Waals surface area contributed by atoms with E-state index in [2.05, 4.69) is 5.32 Å². The van der Waals surface area contributed by atoms with Crippen LogP contribution in [-0.4, -0.2) is 50.4 Å². The summed E-state index contributed by atoms with van der Waals surface area (Å²) in [5.74, 6) is -1.05. The van der Waals surface area contributed by atoms with Crippen LogP contribution in [0, 0.1) is 5.82 Å². The average molecular weight is 692 g/mol. The van der Waals surface area contributed by atoms with Gasteiger partial charge in [-0.1, -0.05) is 73.0 Å². The predicted molar refractivity (Wildman–Crippen MR) is 185 cm³/mol. The Labute approximate surface area is 286 Å². The molecule has 0 spiro atoms. The van der Waals surface area contributed by atoms with Crippen LogP contribution in [0.25, 0.3) is 0 Å². The Morgan fingerprint density at radius 1 is 0.917 bits per heavy atom. The number of carbonyl (C=O) groups excluding carboxylic acids is 2. The molecule has 1 aliphatic rings. The van der Waals surface area contributed by atoms with Gasteiger partial charge >= 0.3 is 0 Å². The molecule has 4 aromatic carbocycles. The molecule has 8 nitrogen and oxygen atoms in total. The van der Waals surface area contributed by atoms with Crippen molar-refractivity contribution in [1.82, 2.24) is 10.2 Å². The van der Waals surface area contributed by atoms with Crippen molar-refractivity contribution in [2.45, 2.75) is 62.6 Å². The van der Waals surface area contributed by atoms with Crippen LogP contribution in [-0.2, 0) is 32.6 Å². The molecule has 48 heavy (non-hydrogen) atoms. The van der Waals surface area contributed by atoms with Gasteiger partial charge in [0.15, 0.2) is 0 Å². The molecule has 1 saturated carbocycles. The molecule has 1 N–H and O–H groups in total. The maximum Gasteiger partial charge on any atom is 0.264 e. The van der Waals surface area contributed by atoms with Gasteiger partial charge in [-0.3, -0.25) is 13.9 Å². The minimum absolute atomic E-state index is 0.0354. The van der Waals surface area contributed by atoms with Crippen LogP contribution >= 0.6 is 11.6 Å². The summed E-state index contributed by atoms with van der Waals surface area (Å²) in [5.41, 5.74) is 1.21. The summed E-state index contributed by atoms with van der Waals surface area (Å²) in [6.07, 6.45) is 3.79. The van der Waals surface area contributed by atoms with E-state index in [0.717, 1.165) is 35.6 Å². The predicted octanol–water partition coefficient (Wildman–Crippen LogP) is 6.77. The summed E-state index contributed by atoms with van der Waals surface area (Å²) in [5, 5.41) is 3.47. The molecule has 4 aromatic rings. The molecule has 1 fully saturated rings. The molecule has 0 unspecified atom stereocenters. The topological polar surface area (TPSA) is 96.0 Å². The van der Waals surface area contributed by atoms with Crippen molar-refractivity contribution in [2.24, 2.45) is 0 Å². The fraction of sp³-hybridized carbons (Fsp3) is 0.297. The lowest BCUT2D eigenvalue weighted by atomic mass is 10.0. The molecule has 2 amide bonds. The summed E-state index contributed by atoms with van der Waals surface area (Å²) in [7, 11) is -4.32. The van der Waals surface area contributed by atoms with Gasteiger partial charge in [0.2, 0.25) is 11.8 Å². The fourth-order valence-corrected chi connectivity index (χ4v) is 7.41. The Morgan fingerprint density at radius 2 is 1.56 bits per heavy atom. The Hall–Kier alpha value is -4.41. The van der Waals surface area contributed by atoms with E-state index >= 15 is 4.39 Å². The van der Waals surface area contributed by atoms with Crippen LogP contribution in [0.1, 0.15) is 43.7 Å². The first-order valence-corrected chi connectivity index (χ1v) is 17.9. The lowest BCUT2D eigenvalue weighted by Gasteiger charge is -2.34. The highest BCUT2D eigenvalue weighted by Gasteiger charge is 2.36. The maximum absolute atomic E-state index is 15.1. The first kappa shape index (κ1) is 34.9. The van der Waals surface area contributed by atoms with E-state index < -0.39 is 34.3 Å². The second kappa shape index (κ2) is 16.1. The fourth-order valence-electron chi connectivity index (χ4n) is 5.87. The van der Waals surface area contributed by atoms with Gasteiger partial charge < -0.3 is 15.0 Å². The molecule has 0 bridgehead atoms. The van der Waals surface area contributed by atoms with Crippen molar-refractivity contribution in [3.05, 3.63) is 125 Å². The minimum Gasteiger partial charge on any atom is -0.494 e. The summed E-state index contributed by atoms with van der Waals surface area (Å²) < 4.78 is 50.1. The zero-order chi connectivity index (χ0) is 34.1. The molecule has 0 radical (unpaired) electrons. The number of nitrogens with one attached hydrogen (secondary N) is 1. The van der Waals surface area contributed by atoms with Crippen LogP contribution in [0.15, 0.2) is 108 Å². The third-order valence-electron chi connectivity index (χ3n) is 8.39. The van der Waals surface area contributed by atoms with Crippen LogP contribution in [0.2, 0.25) is 5.02 Å². The third kappa shape index (κ3) is 8.73. The molecule has 5 rings (SSSR count). The van der Waals surface area contributed by atoms with E-state index in [-0.39, 0.29) is 41.1 Å². The number of rotatable bonds is 14. The largest absolute Gasteiger partial charge is 0.494 e. The number of ether oxygens (including phenoxy) is 1. The number of hydrogen-bond donors (Lipinski definition) is 1. The van der Waals surface area contributed by atoms with Crippen molar-refractivity contribution in [3.63, 3.8) is 0 Å². The first-order valence-electron chi connectivity index (χ1n) is 16.0. The Balaban J connectivity index is 1.57. The van der Waals surface area contributed by atoms with E-state index in [9.17, 15) is 18.0 Å². The minimum atomic E-state index is -4.32. The number of amides is 2. The molecular formula is C37H39ClFN3O5S. The third-order valence-corrected chi connectivity index (χ3v) is 10.4. The Kier molecular flexibility index (Phi) is 11.7. The van der Waals surface area contributed by atoms with Gasteiger partial charge in [-0.15, -0.1) is 0 Å². The molecule has 0 heterocycles. The summed E-state index contributed by atoms with van der Waals surface area (Å²) in [4.78, 5) is 29.9. The van der Waals surface area contributed by atoms with Gasteiger partial charge in [0.1, 0.15) is 24.2 Å². The van der Waals surface area contributed by atoms with Crippen molar-refractivity contribution < 1.29 is 27.1 Å². The molecule has 11 heteroatoms. The highest BCUT2D eigenvalue weighted by atomic mass is 35.5. The molecule has 0 aliphatic heterocycles. The van der Waals surface area contributed by atoms with Gasteiger partial charge in [0.25, 0.3) is 10.0 Å². The lowest BCUT2D eigenvalue weighted by molar-refractivity contribution is -0.140. The standard InChI is InChI=1S/C37H39ClFN3O5S/c1-2-47-32-20-18-31(19-21-32)42(48(45,46)33-22-16-29(38)17-23-33)26-36(43)41(25-28-12-6-9-15-34(28)39)35(24-27-10-4-3-5-11-27)37(44)40-30-13-7-8-14-30/h3-6,9-12,15-23,30,35H,2,7-8,13-14,24-26H2,1H3,(H,40,44)/t35-/m1/s1. The number of halogens is 2. The van der Waals surface area contributed by atoms with Crippen molar-refractivity contribution >= 4 is 39.1 Å². The monoisotopic (exact) mass is 691 g/mol. The van der Waals surface area contributed by atoms with Crippen LogP contribution in [0.3, 0.4) is 0 Å². The molecule has 0 aromatic heterocycles. The number of nitrogens with zero attached hydrogens (tertiary/aromatic N) is 2. The summed E-state index contributed by atoms with van der Waals surface area (Å²) >= 11 is 6.06. The zero-order valence-electron chi connectivity index (χ0n) is 26.7. The molecule has 252 valence electrons. The van der Waals surface area contributed by atoms with Gasteiger partial charge in [-0.05, 0) is 79.9 Å². The number of anilines is 1. The normalized spacial score (nSPS) is 13.9. The average Bonchev–Trinajstić information content (AvgIpc) is 3.60. The van der Waals surface area contributed by atoms with Crippen molar-refractivity contribution in [2.75, 3.05) is 17.5 Å². The lowest BCUT2D eigenvalue weighted by Crippen LogP contribution is -2.54. The Morgan fingerprint density at radius 3 is 2.21 bits per heavy atom. The molecule has 0 saturated heterocycles. The highest BCUT2D eigenvalue weighted by molar-refractivity contribution is 7.92. The van der Waals surface area contributed by atoms with E-state index in [0.29, 0.717) is 17.4 Å². The number of benzene rings is 4. The summed E-state index contributed by atoms with van der Waals surface area (Å²) in [6, 6.07) is 26.2. The number of hydrogen-bond acceptors (Lipinski definition) is 5. The van der Waals surface area contributed by atoms with Gasteiger partial charge in [0.05, 0.1) is 17.2 Å². The number of sulfonamides is 1. The molecular weight excluding hydrogens is 653 g/mol. The Bertz CT molecular complexity index is 1780. The maximum atomic E-state index is 15.1. The van der Waals surface area contributed by atoms with Crippen LogP contribution < -0.4 is 14.4 Å². The van der Waals surface area contributed by atoms with Gasteiger partial charge in [-0.25, -0.2) is 12.8 Å².